The summed E-state index contributed by atoms with van der Waals surface area (Å²) < 4.78 is 5.76. The highest BCUT2D eigenvalue weighted by molar-refractivity contribution is 5.76. The van der Waals surface area contributed by atoms with Gasteiger partial charge >= 0.3 is 0 Å². The van der Waals surface area contributed by atoms with Gasteiger partial charge in [0.2, 0.25) is 5.91 Å². The molecule has 0 spiro atoms. The fourth-order valence-electron chi connectivity index (χ4n) is 3.01. The van der Waals surface area contributed by atoms with E-state index in [2.05, 4.69) is 22.3 Å². The molecule has 2 N–H and O–H groups in total. The zero-order valence-electron chi connectivity index (χ0n) is 16.3. The highest BCUT2D eigenvalue weighted by atomic mass is 16.5. The van der Waals surface area contributed by atoms with Crippen molar-refractivity contribution in [3.63, 3.8) is 0 Å². The number of nitrogens with one attached hydrogen (secondary N) is 1. The summed E-state index contributed by atoms with van der Waals surface area (Å²) in [5.41, 5.74) is 0.377. The Kier molecular flexibility index (Phi) is 8.03. The number of aliphatic hydroxyl groups is 1. The van der Waals surface area contributed by atoms with Gasteiger partial charge in [0, 0.05) is 32.7 Å². The van der Waals surface area contributed by atoms with Gasteiger partial charge in [0.15, 0.2) is 0 Å². The molecule has 6 heteroatoms. The van der Waals surface area contributed by atoms with Crippen molar-refractivity contribution in [2.45, 2.75) is 38.0 Å². The molecule has 2 atom stereocenters. The van der Waals surface area contributed by atoms with Gasteiger partial charge in [-0.2, -0.15) is 0 Å². The van der Waals surface area contributed by atoms with E-state index in [0.717, 1.165) is 26.2 Å². The zero-order valence-corrected chi connectivity index (χ0v) is 16.3. The number of hydrogen-bond donors (Lipinski definition) is 2. The second-order valence-corrected chi connectivity index (χ2v) is 7.74. The topological polar surface area (TPSA) is 65.0 Å². The minimum Gasteiger partial charge on any atom is -0.388 e. The van der Waals surface area contributed by atoms with Crippen LogP contribution >= 0.6 is 0 Å². The van der Waals surface area contributed by atoms with E-state index in [1.807, 2.05) is 37.2 Å². The molecule has 26 heavy (non-hydrogen) atoms. The average Bonchev–Trinajstić information content (AvgIpc) is 2.60. The summed E-state index contributed by atoms with van der Waals surface area (Å²) in [6.07, 6.45) is 0.847. The molecule has 1 aromatic carbocycles. The molecule has 0 aromatic heterocycles. The molecular weight excluding hydrogens is 330 g/mol. The van der Waals surface area contributed by atoms with Crippen LogP contribution in [0.15, 0.2) is 30.3 Å². The van der Waals surface area contributed by atoms with Gasteiger partial charge in [0.05, 0.1) is 24.7 Å². The minimum atomic E-state index is -0.896. The fraction of sp³-hybridized carbons (Fsp3) is 0.650. The molecule has 0 bridgehead atoms. The molecule has 1 heterocycles. The largest absolute Gasteiger partial charge is 0.388 e. The number of amides is 1. The Morgan fingerprint density at radius 1 is 1.38 bits per heavy atom. The van der Waals surface area contributed by atoms with Crippen LogP contribution in [0.5, 0.6) is 0 Å². The van der Waals surface area contributed by atoms with Crippen LogP contribution in [0.2, 0.25) is 0 Å². The van der Waals surface area contributed by atoms with Crippen molar-refractivity contribution in [3.05, 3.63) is 35.9 Å². The second kappa shape index (κ2) is 10.0. The van der Waals surface area contributed by atoms with Crippen molar-refractivity contribution in [1.82, 2.24) is 15.1 Å². The lowest BCUT2D eigenvalue weighted by Crippen LogP contribution is -2.46. The summed E-state index contributed by atoms with van der Waals surface area (Å²) in [5, 5.41) is 13.2. The summed E-state index contributed by atoms with van der Waals surface area (Å²) in [7, 11) is 3.94. The van der Waals surface area contributed by atoms with Gasteiger partial charge in [-0.15, -0.1) is 0 Å². The Morgan fingerprint density at radius 2 is 2.12 bits per heavy atom. The van der Waals surface area contributed by atoms with Crippen molar-refractivity contribution in [2.24, 2.45) is 0 Å². The third-order valence-electron chi connectivity index (χ3n) is 4.65. The fourth-order valence-corrected chi connectivity index (χ4v) is 3.01. The molecule has 1 aromatic rings. The lowest BCUT2D eigenvalue weighted by atomic mass is 10.0. The SMILES string of the molecule is CN(C)CC[C@@](C)(O)CNC(=O)C[C@H]1CN(Cc2ccccc2)CCO1. The Hall–Kier alpha value is -1.47. The lowest BCUT2D eigenvalue weighted by Gasteiger charge is -2.33. The number of morpholine rings is 1. The monoisotopic (exact) mass is 363 g/mol. The molecule has 6 nitrogen and oxygen atoms in total. The highest BCUT2D eigenvalue weighted by Crippen LogP contribution is 2.13. The van der Waals surface area contributed by atoms with E-state index in [0.29, 0.717) is 19.4 Å². The Morgan fingerprint density at radius 3 is 2.81 bits per heavy atom. The predicted molar refractivity (Wildman–Crippen MR) is 103 cm³/mol. The third kappa shape index (κ3) is 7.83. The van der Waals surface area contributed by atoms with Gasteiger partial charge < -0.3 is 20.1 Å². The van der Waals surface area contributed by atoms with Gasteiger partial charge in [-0.3, -0.25) is 9.69 Å². The first-order chi connectivity index (χ1) is 12.3. The number of rotatable bonds is 9. The molecular formula is C20H33N3O3. The van der Waals surface area contributed by atoms with Gasteiger partial charge in [-0.25, -0.2) is 0 Å². The Bertz CT molecular complexity index is 548. The summed E-state index contributed by atoms with van der Waals surface area (Å²) in [5.74, 6) is -0.0679. The second-order valence-electron chi connectivity index (χ2n) is 7.74. The van der Waals surface area contributed by atoms with Crippen LogP contribution in [0.25, 0.3) is 0 Å². The number of hydrogen-bond acceptors (Lipinski definition) is 5. The number of carbonyl (C=O) groups is 1. The number of benzene rings is 1. The average molecular weight is 364 g/mol. The van der Waals surface area contributed by atoms with E-state index < -0.39 is 5.60 Å². The van der Waals surface area contributed by atoms with Gasteiger partial charge in [0.25, 0.3) is 0 Å². The molecule has 0 saturated carbocycles. The quantitative estimate of drug-likeness (QED) is 0.688. The van der Waals surface area contributed by atoms with Crippen molar-refractivity contribution in [1.29, 1.82) is 0 Å². The number of ether oxygens (including phenoxy) is 1. The van der Waals surface area contributed by atoms with E-state index >= 15 is 0 Å². The Labute approximate surface area is 157 Å². The third-order valence-corrected chi connectivity index (χ3v) is 4.65. The maximum atomic E-state index is 12.2. The predicted octanol–water partition coefficient (Wildman–Crippen LogP) is 1.10. The molecule has 1 aliphatic heterocycles. The van der Waals surface area contributed by atoms with Crippen LogP contribution in [0, 0.1) is 0 Å². The van der Waals surface area contributed by atoms with Crippen LogP contribution in [-0.4, -0.2) is 79.4 Å². The Balaban J connectivity index is 1.72. The summed E-state index contributed by atoms with van der Waals surface area (Å²) in [6.45, 7) is 5.96. The van der Waals surface area contributed by atoms with Crippen LogP contribution in [0.3, 0.4) is 0 Å². The van der Waals surface area contributed by atoms with E-state index in [-0.39, 0.29) is 18.6 Å². The van der Waals surface area contributed by atoms with Gasteiger partial charge in [-0.1, -0.05) is 30.3 Å². The first-order valence-corrected chi connectivity index (χ1v) is 9.36. The van der Waals surface area contributed by atoms with Gasteiger partial charge in [-0.05, 0) is 33.0 Å². The van der Waals surface area contributed by atoms with Crippen molar-refractivity contribution in [3.8, 4) is 0 Å². The van der Waals surface area contributed by atoms with Crippen molar-refractivity contribution >= 4 is 5.91 Å². The zero-order chi connectivity index (χ0) is 19.0. The maximum absolute atomic E-state index is 12.2. The molecule has 0 unspecified atom stereocenters. The molecule has 0 radical (unpaired) electrons. The van der Waals surface area contributed by atoms with Crippen LogP contribution in [0.4, 0.5) is 0 Å². The van der Waals surface area contributed by atoms with Crippen molar-refractivity contribution < 1.29 is 14.6 Å². The first-order valence-electron chi connectivity index (χ1n) is 9.36. The van der Waals surface area contributed by atoms with Crippen LogP contribution < -0.4 is 5.32 Å². The summed E-state index contributed by atoms with van der Waals surface area (Å²) in [6, 6.07) is 10.3. The van der Waals surface area contributed by atoms with E-state index in [9.17, 15) is 9.90 Å². The number of nitrogens with zero attached hydrogens (tertiary/aromatic N) is 2. The minimum absolute atomic E-state index is 0.0679. The molecule has 1 amide bonds. The molecule has 146 valence electrons. The normalized spacial score (nSPS) is 20.7. The smallest absolute Gasteiger partial charge is 0.222 e. The van der Waals surface area contributed by atoms with E-state index in [1.165, 1.54) is 5.56 Å². The molecule has 0 aliphatic carbocycles. The lowest BCUT2D eigenvalue weighted by molar-refractivity contribution is -0.127. The molecule has 2 rings (SSSR count). The van der Waals surface area contributed by atoms with E-state index in [1.54, 1.807) is 6.92 Å². The van der Waals surface area contributed by atoms with Crippen LogP contribution in [-0.2, 0) is 16.1 Å². The van der Waals surface area contributed by atoms with Crippen LogP contribution in [0.1, 0.15) is 25.3 Å². The van der Waals surface area contributed by atoms with Gasteiger partial charge in [0.1, 0.15) is 0 Å². The summed E-state index contributed by atoms with van der Waals surface area (Å²) >= 11 is 0. The standard InChI is InChI=1S/C20H33N3O3/c1-20(25,9-10-22(2)3)16-21-19(24)13-18-15-23(11-12-26-18)14-17-7-5-4-6-8-17/h4-8,18,25H,9-16H2,1-3H3,(H,21,24)/t18-,20+/m0/s1. The van der Waals surface area contributed by atoms with E-state index in [4.69, 9.17) is 4.74 Å². The highest BCUT2D eigenvalue weighted by Gasteiger charge is 2.25. The van der Waals surface area contributed by atoms with Crippen molar-refractivity contribution in [2.75, 3.05) is 46.9 Å². The first kappa shape index (κ1) is 20.8. The maximum Gasteiger partial charge on any atom is 0.222 e. The number of carbonyl (C=O) groups excluding carboxylic acids is 1. The summed E-state index contributed by atoms with van der Waals surface area (Å²) in [4.78, 5) is 16.6. The molecule has 1 aliphatic rings. The molecule has 1 fully saturated rings. The molecule has 1 saturated heterocycles.